The second-order valence-electron chi connectivity index (χ2n) is 3.94. The molecule has 1 aromatic heterocycles. The van der Waals surface area contributed by atoms with Crippen LogP contribution in [0.4, 0.5) is 11.5 Å². The number of hydrogen-bond donors (Lipinski definition) is 1. The first-order valence-corrected chi connectivity index (χ1v) is 6.86. The third-order valence-electron chi connectivity index (χ3n) is 2.61. The van der Waals surface area contributed by atoms with Crippen molar-refractivity contribution in [1.82, 2.24) is 8.75 Å². The van der Waals surface area contributed by atoms with Gasteiger partial charge in [0.15, 0.2) is 11.0 Å². The summed E-state index contributed by atoms with van der Waals surface area (Å²) in [5, 5.41) is 3.63. The molecule has 0 unspecified atom stereocenters. The maximum Gasteiger partial charge on any atom is 0.186 e. The van der Waals surface area contributed by atoms with Gasteiger partial charge in [0.05, 0.1) is 11.7 Å². The molecule has 0 atom stereocenters. The lowest BCUT2D eigenvalue weighted by molar-refractivity contribution is 0.815. The average molecular weight is 283 g/mol. The zero-order valence-corrected chi connectivity index (χ0v) is 11.7. The largest absolute Gasteiger partial charge is 0.375 e. The van der Waals surface area contributed by atoms with Gasteiger partial charge in [0.25, 0.3) is 0 Å². The van der Waals surface area contributed by atoms with Crippen molar-refractivity contribution in [3.05, 3.63) is 35.5 Å². The van der Waals surface area contributed by atoms with Gasteiger partial charge in [0.1, 0.15) is 0 Å². The molecule has 0 bridgehead atoms. The van der Waals surface area contributed by atoms with Crippen LogP contribution in [0.25, 0.3) is 0 Å². The summed E-state index contributed by atoms with van der Waals surface area (Å²) in [4.78, 5) is 2.22. The Morgan fingerprint density at radius 1 is 1.28 bits per heavy atom. The third-order valence-corrected chi connectivity index (χ3v) is 3.50. The topological polar surface area (TPSA) is 41.0 Å². The highest BCUT2D eigenvalue weighted by Crippen LogP contribution is 2.17. The molecular weight excluding hydrogens is 268 g/mol. The van der Waals surface area contributed by atoms with Crippen LogP contribution in [0.2, 0.25) is 5.15 Å². The molecule has 0 spiro atoms. The molecule has 4 nitrogen and oxygen atoms in total. The number of para-hydroxylation sites is 1. The second kappa shape index (κ2) is 6.56. The van der Waals surface area contributed by atoms with Crippen LogP contribution < -0.4 is 10.2 Å². The van der Waals surface area contributed by atoms with Gasteiger partial charge in [-0.3, -0.25) is 0 Å². The molecule has 1 heterocycles. The van der Waals surface area contributed by atoms with E-state index in [9.17, 15) is 0 Å². The first-order valence-electron chi connectivity index (χ1n) is 5.75. The molecule has 0 aliphatic carbocycles. The lowest BCUT2D eigenvalue weighted by Gasteiger charge is -2.19. The van der Waals surface area contributed by atoms with E-state index in [0.717, 1.165) is 31.2 Å². The fourth-order valence-electron chi connectivity index (χ4n) is 1.62. The molecule has 0 radical (unpaired) electrons. The van der Waals surface area contributed by atoms with Crippen LogP contribution in [0.3, 0.4) is 0 Å². The molecule has 18 heavy (non-hydrogen) atoms. The van der Waals surface area contributed by atoms with Gasteiger partial charge in [-0.2, -0.15) is 8.75 Å². The molecule has 2 aromatic rings. The number of aromatic nitrogens is 2. The van der Waals surface area contributed by atoms with Gasteiger partial charge in [0, 0.05) is 25.8 Å². The van der Waals surface area contributed by atoms with Crippen LogP contribution >= 0.6 is 23.3 Å². The van der Waals surface area contributed by atoms with Crippen LogP contribution in [0.5, 0.6) is 0 Å². The van der Waals surface area contributed by atoms with Gasteiger partial charge in [-0.1, -0.05) is 29.8 Å². The summed E-state index contributed by atoms with van der Waals surface area (Å²) in [6, 6.07) is 10.3. The summed E-state index contributed by atoms with van der Waals surface area (Å²) >= 11 is 6.96. The standard InChI is InChI=1S/C12H15ClN4S/c1-17(10-6-3-2-4-7-10)9-5-8-14-12-11(13)15-18-16-12/h2-4,6-7H,5,8-9H2,1H3,(H,14,16). The van der Waals surface area contributed by atoms with Crippen molar-refractivity contribution >= 4 is 34.8 Å². The lowest BCUT2D eigenvalue weighted by Crippen LogP contribution is -2.20. The van der Waals surface area contributed by atoms with Crippen LogP contribution in [0.15, 0.2) is 30.3 Å². The summed E-state index contributed by atoms with van der Waals surface area (Å²) < 4.78 is 7.97. The monoisotopic (exact) mass is 282 g/mol. The maximum atomic E-state index is 5.84. The second-order valence-corrected chi connectivity index (χ2v) is 4.83. The van der Waals surface area contributed by atoms with Crippen LogP contribution in [-0.2, 0) is 0 Å². The molecule has 1 N–H and O–H groups in total. The number of rotatable bonds is 6. The molecule has 0 fully saturated rings. The lowest BCUT2D eigenvalue weighted by atomic mass is 10.3. The van der Waals surface area contributed by atoms with Gasteiger partial charge in [-0.05, 0) is 18.6 Å². The van der Waals surface area contributed by atoms with Crippen molar-refractivity contribution in [2.45, 2.75) is 6.42 Å². The highest BCUT2D eigenvalue weighted by Gasteiger charge is 2.04. The molecule has 0 aliphatic heterocycles. The molecule has 96 valence electrons. The SMILES string of the molecule is CN(CCCNc1nsnc1Cl)c1ccccc1. The highest BCUT2D eigenvalue weighted by molar-refractivity contribution is 6.99. The molecule has 0 saturated carbocycles. The number of halogens is 1. The average Bonchev–Trinajstić information content (AvgIpc) is 2.81. The van der Waals surface area contributed by atoms with Crippen molar-refractivity contribution in [3.63, 3.8) is 0 Å². The number of nitrogens with zero attached hydrogens (tertiary/aromatic N) is 3. The third kappa shape index (κ3) is 3.58. The Bertz CT molecular complexity index is 474. The summed E-state index contributed by atoms with van der Waals surface area (Å²) in [7, 11) is 2.09. The van der Waals surface area contributed by atoms with E-state index in [4.69, 9.17) is 11.6 Å². The first-order chi connectivity index (χ1) is 8.77. The zero-order valence-electron chi connectivity index (χ0n) is 10.1. The first kappa shape index (κ1) is 13.1. The van der Waals surface area contributed by atoms with Gasteiger partial charge in [-0.25, -0.2) is 0 Å². The van der Waals surface area contributed by atoms with E-state index in [0.29, 0.717) is 11.0 Å². The van der Waals surface area contributed by atoms with E-state index in [1.807, 2.05) is 18.2 Å². The van der Waals surface area contributed by atoms with Crippen LogP contribution in [0, 0.1) is 0 Å². The Morgan fingerprint density at radius 3 is 2.72 bits per heavy atom. The van der Waals surface area contributed by atoms with Gasteiger partial charge >= 0.3 is 0 Å². The minimum atomic E-state index is 0.455. The van der Waals surface area contributed by atoms with E-state index in [1.165, 1.54) is 5.69 Å². The van der Waals surface area contributed by atoms with Gasteiger partial charge in [-0.15, -0.1) is 0 Å². The van der Waals surface area contributed by atoms with E-state index >= 15 is 0 Å². The van der Waals surface area contributed by atoms with Crippen molar-refractivity contribution in [2.24, 2.45) is 0 Å². The van der Waals surface area contributed by atoms with E-state index in [2.05, 4.69) is 38.1 Å². The Kier molecular flexibility index (Phi) is 4.78. The van der Waals surface area contributed by atoms with Crippen molar-refractivity contribution in [1.29, 1.82) is 0 Å². The normalized spacial score (nSPS) is 10.3. The molecule has 6 heteroatoms. The highest BCUT2D eigenvalue weighted by atomic mass is 35.5. The van der Waals surface area contributed by atoms with Crippen molar-refractivity contribution < 1.29 is 0 Å². The summed E-state index contributed by atoms with van der Waals surface area (Å²) in [6.45, 7) is 1.81. The van der Waals surface area contributed by atoms with E-state index in [-0.39, 0.29) is 0 Å². The van der Waals surface area contributed by atoms with Crippen molar-refractivity contribution in [2.75, 3.05) is 30.4 Å². The molecule has 1 aromatic carbocycles. The zero-order chi connectivity index (χ0) is 12.8. The summed E-state index contributed by atoms with van der Waals surface area (Å²) in [5.41, 5.74) is 1.23. The smallest absolute Gasteiger partial charge is 0.186 e. The maximum absolute atomic E-state index is 5.84. The quantitative estimate of drug-likeness (QED) is 0.827. The number of hydrogen-bond acceptors (Lipinski definition) is 5. The van der Waals surface area contributed by atoms with Gasteiger partial charge in [0.2, 0.25) is 0 Å². The minimum absolute atomic E-state index is 0.455. The predicted molar refractivity (Wildman–Crippen MR) is 77.7 cm³/mol. The Labute approximate surface area is 116 Å². The minimum Gasteiger partial charge on any atom is -0.375 e. The van der Waals surface area contributed by atoms with E-state index < -0.39 is 0 Å². The number of nitrogens with one attached hydrogen (secondary N) is 1. The molecular formula is C12H15ClN4S. The molecule has 0 saturated heterocycles. The molecule has 0 aliphatic rings. The fourth-order valence-corrected chi connectivity index (χ4v) is 2.30. The molecule has 0 amide bonds. The van der Waals surface area contributed by atoms with E-state index in [1.54, 1.807) is 0 Å². The fraction of sp³-hybridized carbons (Fsp3) is 0.333. The predicted octanol–water partition coefficient (Wildman–Crippen LogP) is 3.13. The van der Waals surface area contributed by atoms with Crippen LogP contribution in [0.1, 0.15) is 6.42 Å². The Hall–Kier alpha value is -1.33. The number of benzene rings is 1. The van der Waals surface area contributed by atoms with Crippen LogP contribution in [-0.4, -0.2) is 28.9 Å². The van der Waals surface area contributed by atoms with Gasteiger partial charge < -0.3 is 10.2 Å². The number of anilines is 2. The Morgan fingerprint density at radius 2 is 2.06 bits per heavy atom. The van der Waals surface area contributed by atoms with Crippen molar-refractivity contribution in [3.8, 4) is 0 Å². The Balaban J connectivity index is 1.71. The summed E-state index contributed by atoms with van der Waals surface area (Å²) in [5.74, 6) is 0.684. The summed E-state index contributed by atoms with van der Waals surface area (Å²) in [6.07, 6.45) is 1.01. The molecule has 2 rings (SSSR count).